The summed E-state index contributed by atoms with van der Waals surface area (Å²) in [4.78, 5) is 3.97. The van der Waals surface area contributed by atoms with Gasteiger partial charge in [0.05, 0.1) is 0 Å². The summed E-state index contributed by atoms with van der Waals surface area (Å²) < 4.78 is 1.20. The molecule has 0 aromatic carbocycles. The normalized spacial score (nSPS) is 15.7. The SMILES string of the molecule is CCN(CCNCc1cc(Br)cs1)CC1CC1. The van der Waals surface area contributed by atoms with E-state index >= 15 is 0 Å². The van der Waals surface area contributed by atoms with Crippen LogP contribution >= 0.6 is 27.3 Å². The lowest BCUT2D eigenvalue weighted by Gasteiger charge is -2.20. The van der Waals surface area contributed by atoms with E-state index in [1.54, 1.807) is 0 Å². The van der Waals surface area contributed by atoms with Crippen molar-refractivity contribution in [2.45, 2.75) is 26.3 Å². The molecule has 1 saturated carbocycles. The molecule has 0 aliphatic heterocycles. The van der Waals surface area contributed by atoms with Gasteiger partial charge in [0.1, 0.15) is 0 Å². The minimum Gasteiger partial charge on any atom is -0.311 e. The zero-order valence-electron chi connectivity index (χ0n) is 10.4. The summed E-state index contributed by atoms with van der Waals surface area (Å²) >= 11 is 5.30. The van der Waals surface area contributed by atoms with E-state index in [1.165, 1.54) is 41.8 Å². The predicted molar refractivity (Wildman–Crippen MR) is 78.6 cm³/mol. The van der Waals surface area contributed by atoms with Crippen LogP contribution in [0.2, 0.25) is 0 Å². The molecule has 4 heteroatoms. The third-order valence-electron chi connectivity index (χ3n) is 3.19. The number of hydrogen-bond acceptors (Lipinski definition) is 3. The second-order valence-electron chi connectivity index (χ2n) is 4.74. The predicted octanol–water partition coefficient (Wildman–Crippen LogP) is 3.33. The lowest BCUT2D eigenvalue weighted by atomic mass is 10.3. The number of hydrogen-bond donors (Lipinski definition) is 1. The van der Waals surface area contributed by atoms with E-state index in [0.29, 0.717) is 0 Å². The number of nitrogens with one attached hydrogen (secondary N) is 1. The Labute approximate surface area is 117 Å². The maximum atomic E-state index is 3.52. The summed E-state index contributed by atoms with van der Waals surface area (Å²) in [6.45, 7) is 8.02. The van der Waals surface area contributed by atoms with Gasteiger partial charge in [-0.2, -0.15) is 0 Å². The van der Waals surface area contributed by atoms with Crippen LogP contribution in [0.4, 0.5) is 0 Å². The topological polar surface area (TPSA) is 15.3 Å². The Bertz CT molecular complexity index is 336. The van der Waals surface area contributed by atoms with Gasteiger partial charge in [0.15, 0.2) is 0 Å². The molecule has 1 aromatic heterocycles. The highest BCUT2D eigenvalue weighted by atomic mass is 79.9. The second-order valence-corrected chi connectivity index (χ2v) is 6.66. The Kier molecular flexibility index (Phi) is 5.48. The molecule has 1 aromatic rings. The Morgan fingerprint density at radius 2 is 2.35 bits per heavy atom. The molecule has 1 fully saturated rings. The van der Waals surface area contributed by atoms with E-state index in [-0.39, 0.29) is 0 Å². The van der Waals surface area contributed by atoms with Crippen LogP contribution < -0.4 is 5.32 Å². The molecule has 0 unspecified atom stereocenters. The Balaban J connectivity index is 1.58. The fourth-order valence-electron chi connectivity index (χ4n) is 1.94. The van der Waals surface area contributed by atoms with Crippen LogP contribution in [0.3, 0.4) is 0 Å². The average Bonchev–Trinajstić information content (AvgIpc) is 3.05. The van der Waals surface area contributed by atoms with Crippen molar-refractivity contribution in [2.24, 2.45) is 5.92 Å². The summed E-state index contributed by atoms with van der Waals surface area (Å²) in [6, 6.07) is 2.19. The lowest BCUT2D eigenvalue weighted by Crippen LogP contribution is -2.33. The minimum atomic E-state index is 0.997. The average molecular weight is 317 g/mol. The van der Waals surface area contributed by atoms with Crippen molar-refractivity contribution < 1.29 is 0 Å². The van der Waals surface area contributed by atoms with E-state index in [2.05, 4.69) is 44.5 Å². The molecule has 0 bridgehead atoms. The molecule has 0 radical (unpaired) electrons. The quantitative estimate of drug-likeness (QED) is 0.740. The first kappa shape index (κ1) is 13.5. The maximum Gasteiger partial charge on any atom is 0.0300 e. The number of rotatable bonds is 8. The van der Waals surface area contributed by atoms with Crippen molar-refractivity contribution in [3.05, 3.63) is 20.8 Å². The van der Waals surface area contributed by atoms with E-state index in [1.807, 2.05) is 11.3 Å². The van der Waals surface area contributed by atoms with Gasteiger partial charge in [-0.3, -0.25) is 0 Å². The van der Waals surface area contributed by atoms with Gasteiger partial charge in [-0.1, -0.05) is 6.92 Å². The molecular weight excluding hydrogens is 296 g/mol. The Morgan fingerprint density at radius 3 is 2.94 bits per heavy atom. The van der Waals surface area contributed by atoms with Crippen LogP contribution in [-0.4, -0.2) is 31.1 Å². The fraction of sp³-hybridized carbons (Fsp3) is 0.692. The van der Waals surface area contributed by atoms with Crippen LogP contribution in [-0.2, 0) is 6.54 Å². The summed E-state index contributed by atoms with van der Waals surface area (Å²) in [6.07, 6.45) is 2.90. The van der Waals surface area contributed by atoms with Crippen molar-refractivity contribution in [1.82, 2.24) is 10.2 Å². The Hall–Kier alpha value is 0.1000. The van der Waals surface area contributed by atoms with Crippen molar-refractivity contribution in [3.63, 3.8) is 0 Å². The molecule has 0 atom stereocenters. The summed E-state index contributed by atoms with van der Waals surface area (Å²) in [5, 5.41) is 5.66. The molecule has 1 aliphatic rings. The van der Waals surface area contributed by atoms with Gasteiger partial charge in [-0.25, -0.2) is 0 Å². The number of halogens is 1. The molecule has 1 N–H and O–H groups in total. The lowest BCUT2D eigenvalue weighted by molar-refractivity contribution is 0.276. The second kappa shape index (κ2) is 6.88. The van der Waals surface area contributed by atoms with E-state index in [9.17, 15) is 0 Å². The fourth-order valence-corrected chi connectivity index (χ4v) is 3.36. The monoisotopic (exact) mass is 316 g/mol. The van der Waals surface area contributed by atoms with Crippen molar-refractivity contribution in [1.29, 1.82) is 0 Å². The number of likely N-dealkylation sites (N-methyl/N-ethyl adjacent to an activating group) is 1. The molecule has 2 rings (SSSR count). The molecule has 17 heavy (non-hydrogen) atoms. The molecule has 96 valence electrons. The third-order valence-corrected chi connectivity index (χ3v) is 4.88. The van der Waals surface area contributed by atoms with E-state index in [0.717, 1.165) is 19.0 Å². The van der Waals surface area contributed by atoms with Gasteiger partial charge in [0, 0.05) is 40.9 Å². The van der Waals surface area contributed by atoms with Crippen molar-refractivity contribution in [2.75, 3.05) is 26.2 Å². The summed E-state index contributed by atoms with van der Waals surface area (Å²) in [5.41, 5.74) is 0. The largest absolute Gasteiger partial charge is 0.311 e. The zero-order valence-corrected chi connectivity index (χ0v) is 12.8. The van der Waals surface area contributed by atoms with Gasteiger partial charge in [0.25, 0.3) is 0 Å². The minimum absolute atomic E-state index is 0.997. The third kappa shape index (κ3) is 5.08. The summed E-state index contributed by atoms with van der Waals surface area (Å²) in [7, 11) is 0. The van der Waals surface area contributed by atoms with Crippen LogP contribution in [0.25, 0.3) is 0 Å². The number of nitrogens with zero attached hydrogens (tertiary/aromatic N) is 1. The van der Waals surface area contributed by atoms with Gasteiger partial charge in [-0.05, 0) is 47.3 Å². The molecule has 0 spiro atoms. The van der Waals surface area contributed by atoms with Gasteiger partial charge in [0.2, 0.25) is 0 Å². The molecule has 0 saturated heterocycles. The Morgan fingerprint density at radius 1 is 1.53 bits per heavy atom. The first-order valence-corrected chi connectivity index (χ1v) is 8.11. The molecule has 0 amide bonds. The maximum absolute atomic E-state index is 3.52. The van der Waals surface area contributed by atoms with Crippen LogP contribution in [0.1, 0.15) is 24.6 Å². The molecule has 1 heterocycles. The van der Waals surface area contributed by atoms with Crippen LogP contribution in [0.5, 0.6) is 0 Å². The van der Waals surface area contributed by atoms with Gasteiger partial charge in [-0.15, -0.1) is 11.3 Å². The van der Waals surface area contributed by atoms with Gasteiger partial charge >= 0.3 is 0 Å². The summed E-state index contributed by atoms with van der Waals surface area (Å²) in [5.74, 6) is 1.00. The van der Waals surface area contributed by atoms with Crippen LogP contribution in [0, 0.1) is 5.92 Å². The van der Waals surface area contributed by atoms with E-state index in [4.69, 9.17) is 0 Å². The highest BCUT2D eigenvalue weighted by molar-refractivity contribution is 9.10. The molecule has 1 aliphatic carbocycles. The van der Waals surface area contributed by atoms with Crippen molar-refractivity contribution in [3.8, 4) is 0 Å². The standard InChI is InChI=1S/C13H21BrN2S/c1-2-16(9-11-3-4-11)6-5-15-8-13-7-12(14)10-17-13/h7,10-11,15H,2-6,8-9H2,1H3. The first-order chi connectivity index (χ1) is 8.28. The first-order valence-electron chi connectivity index (χ1n) is 6.44. The zero-order chi connectivity index (χ0) is 12.1. The molecular formula is C13H21BrN2S. The van der Waals surface area contributed by atoms with Crippen molar-refractivity contribution >= 4 is 27.3 Å². The van der Waals surface area contributed by atoms with Crippen LogP contribution in [0.15, 0.2) is 15.9 Å². The van der Waals surface area contributed by atoms with E-state index < -0.39 is 0 Å². The number of thiophene rings is 1. The molecule has 2 nitrogen and oxygen atoms in total. The van der Waals surface area contributed by atoms with Gasteiger partial charge < -0.3 is 10.2 Å². The highest BCUT2D eigenvalue weighted by Crippen LogP contribution is 2.29. The highest BCUT2D eigenvalue weighted by Gasteiger charge is 2.23. The smallest absolute Gasteiger partial charge is 0.0300 e.